The van der Waals surface area contributed by atoms with Gasteiger partial charge in [0, 0.05) is 12.7 Å². The zero-order valence-electron chi connectivity index (χ0n) is 13.5. The topological polar surface area (TPSA) is 111 Å². The van der Waals surface area contributed by atoms with Crippen LogP contribution < -0.4 is 10.6 Å². The molecule has 0 unspecified atom stereocenters. The second kappa shape index (κ2) is 10.8. The molecule has 1 aromatic carbocycles. The highest BCUT2D eigenvalue weighted by molar-refractivity contribution is 6.09. The van der Waals surface area contributed by atoms with Crippen molar-refractivity contribution in [3.8, 4) is 6.07 Å². The van der Waals surface area contributed by atoms with Crippen LogP contribution in [0.1, 0.15) is 30.1 Å². The lowest BCUT2D eigenvalue weighted by Gasteiger charge is -2.10. The Balaban J connectivity index is 2.83. The molecule has 1 aromatic rings. The van der Waals surface area contributed by atoms with Gasteiger partial charge in [-0.05, 0) is 18.6 Å². The Bertz CT molecular complexity index is 635. The maximum absolute atomic E-state index is 12.1. The molecule has 0 fully saturated rings. The summed E-state index contributed by atoms with van der Waals surface area (Å²) in [5, 5.41) is 22.9. The molecule has 3 N–H and O–H groups in total. The Kier molecular flexibility index (Phi) is 8.64. The highest BCUT2D eigenvalue weighted by Gasteiger charge is 2.16. The number of hydrogen-bond acceptors (Lipinski definition) is 6. The highest BCUT2D eigenvalue weighted by Crippen LogP contribution is 2.17. The van der Waals surface area contributed by atoms with Gasteiger partial charge in [0.25, 0.3) is 5.91 Å². The van der Waals surface area contributed by atoms with E-state index in [1.807, 2.05) is 6.92 Å². The molecule has 128 valence electrons. The van der Waals surface area contributed by atoms with Crippen molar-refractivity contribution in [1.82, 2.24) is 5.32 Å². The number of nitrogens with zero attached hydrogens (tertiary/aromatic N) is 1. The van der Waals surface area contributed by atoms with Crippen molar-refractivity contribution < 1.29 is 19.4 Å². The maximum Gasteiger partial charge on any atom is 0.340 e. The number of amides is 1. The molecule has 0 aliphatic rings. The smallest absolute Gasteiger partial charge is 0.340 e. The Morgan fingerprint density at radius 2 is 2.12 bits per heavy atom. The number of unbranched alkanes of at least 4 members (excludes halogenated alkanes) is 1. The standard InChI is InChI=1S/C17H21N3O4/c1-2-3-10-24-17(23)14-6-4-5-7-15(14)20-16(22)13(11-18)12-19-8-9-21/h4-7,12,19,21H,2-3,8-10H2,1H3,(H,20,22)/b13-12-. The van der Waals surface area contributed by atoms with Crippen molar-refractivity contribution in [3.63, 3.8) is 0 Å². The molecule has 24 heavy (non-hydrogen) atoms. The highest BCUT2D eigenvalue weighted by atomic mass is 16.5. The third kappa shape index (κ3) is 6.10. The quantitative estimate of drug-likeness (QED) is 0.274. The number of nitrogens with one attached hydrogen (secondary N) is 2. The fourth-order valence-corrected chi connectivity index (χ4v) is 1.73. The number of esters is 1. The van der Waals surface area contributed by atoms with Gasteiger partial charge < -0.3 is 20.5 Å². The first-order valence-electron chi connectivity index (χ1n) is 7.66. The summed E-state index contributed by atoms with van der Waals surface area (Å²) in [6.07, 6.45) is 2.88. The van der Waals surface area contributed by atoms with Crippen LogP contribution in [0.25, 0.3) is 0 Å². The average molecular weight is 331 g/mol. The second-order valence-electron chi connectivity index (χ2n) is 4.84. The van der Waals surface area contributed by atoms with Crippen LogP contribution in [0.15, 0.2) is 36.0 Å². The number of aliphatic hydroxyl groups excluding tert-OH is 1. The van der Waals surface area contributed by atoms with Gasteiger partial charge in [0.05, 0.1) is 24.5 Å². The van der Waals surface area contributed by atoms with Gasteiger partial charge in [-0.15, -0.1) is 0 Å². The van der Waals surface area contributed by atoms with Crippen LogP contribution in [0.3, 0.4) is 0 Å². The molecule has 0 radical (unpaired) electrons. The lowest BCUT2D eigenvalue weighted by atomic mass is 10.1. The Morgan fingerprint density at radius 1 is 1.38 bits per heavy atom. The van der Waals surface area contributed by atoms with Crippen LogP contribution in [0, 0.1) is 11.3 Å². The van der Waals surface area contributed by atoms with Crippen LogP contribution in [-0.4, -0.2) is 36.7 Å². The van der Waals surface area contributed by atoms with Gasteiger partial charge in [-0.1, -0.05) is 25.5 Å². The fraction of sp³-hybridized carbons (Fsp3) is 0.353. The molecule has 0 saturated heterocycles. The van der Waals surface area contributed by atoms with Gasteiger partial charge in [0.15, 0.2) is 0 Å². The van der Waals surface area contributed by atoms with Crippen molar-refractivity contribution in [1.29, 1.82) is 5.26 Å². The number of para-hydroxylation sites is 1. The minimum absolute atomic E-state index is 0.122. The Labute approximate surface area is 140 Å². The molecule has 0 aliphatic heterocycles. The molecule has 0 saturated carbocycles. The van der Waals surface area contributed by atoms with Crippen LogP contribution in [0.5, 0.6) is 0 Å². The van der Waals surface area contributed by atoms with Crippen molar-refractivity contribution in [2.45, 2.75) is 19.8 Å². The second-order valence-corrected chi connectivity index (χ2v) is 4.84. The van der Waals surface area contributed by atoms with Crippen molar-refractivity contribution >= 4 is 17.6 Å². The molecule has 0 heterocycles. The van der Waals surface area contributed by atoms with E-state index >= 15 is 0 Å². The minimum atomic E-state index is -0.656. The summed E-state index contributed by atoms with van der Waals surface area (Å²) in [7, 11) is 0. The van der Waals surface area contributed by atoms with Crippen molar-refractivity contribution in [2.75, 3.05) is 25.1 Å². The molecule has 1 rings (SSSR count). The molecule has 1 amide bonds. The number of hydrogen-bond donors (Lipinski definition) is 3. The molecular formula is C17H21N3O4. The van der Waals surface area contributed by atoms with Gasteiger partial charge in [0.1, 0.15) is 11.6 Å². The minimum Gasteiger partial charge on any atom is -0.462 e. The van der Waals surface area contributed by atoms with Gasteiger partial charge in [-0.3, -0.25) is 4.79 Å². The molecule has 7 heteroatoms. The van der Waals surface area contributed by atoms with Crippen molar-refractivity contribution in [3.05, 3.63) is 41.6 Å². The van der Waals surface area contributed by atoms with E-state index in [4.69, 9.17) is 15.1 Å². The summed E-state index contributed by atoms with van der Waals surface area (Å²) in [6.45, 7) is 2.40. The molecule has 0 bridgehead atoms. The van der Waals surface area contributed by atoms with E-state index in [2.05, 4.69) is 10.6 Å². The number of anilines is 1. The van der Waals surface area contributed by atoms with E-state index in [1.165, 1.54) is 6.20 Å². The van der Waals surface area contributed by atoms with Gasteiger partial charge in [0.2, 0.25) is 0 Å². The van der Waals surface area contributed by atoms with Gasteiger partial charge in [-0.2, -0.15) is 5.26 Å². The largest absolute Gasteiger partial charge is 0.462 e. The lowest BCUT2D eigenvalue weighted by molar-refractivity contribution is -0.112. The third-order valence-corrected chi connectivity index (χ3v) is 2.99. The summed E-state index contributed by atoms with van der Waals surface area (Å²) < 4.78 is 5.15. The monoisotopic (exact) mass is 331 g/mol. The molecular weight excluding hydrogens is 310 g/mol. The van der Waals surface area contributed by atoms with E-state index in [1.54, 1.807) is 30.3 Å². The average Bonchev–Trinajstić information content (AvgIpc) is 2.59. The summed E-state index contributed by atoms with van der Waals surface area (Å²) in [5.74, 6) is -1.18. The molecule has 0 aliphatic carbocycles. The summed E-state index contributed by atoms with van der Waals surface area (Å²) in [5.41, 5.74) is 0.326. The van der Waals surface area contributed by atoms with Gasteiger partial charge in [-0.25, -0.2) is 4.79 Å². The summed E-state index contributed by atoms with van der Waals surface area (Å²) >= 11 is 0. The van der Waals surface area contributed by atoms with Crippen LogP contribution in [-0.2, 0) is 9.53 Å². The molecule has 0 spiro atoms. The predicted molar refractivity (Wildman–Crippen MR) is 89.0 cm³/mol. The molecule has 0 aromatic heterocycles. The number of aliphatic hydroxyl groups is 1. The van der Waals surface area contributed by atoms with Gasteiger partial charge >= 0.3 is 5.97 Å². The Morgan fingerprint density at radius 3 is 2.79 bits per heavy atom. The van der Waals surface area contributed by atoms with Crippen LogP contribution in [0.2, 0.25) is 0 Å². The van der Waals surface area contributed by atoms with E-state index < -0.39 is 11.9 Å². The number of ether oxygens (including phenoxy) is 1. The Hall–Kier alpha value is -2.85. The maximum atomic E-state index is 12.1. The predicted octanol–water partition coefficient (Wildman–Crippen LogP) is 1.57. The summed E-state index contributed by atoms with van der Waals surface area (Å²) in [4.78, 5) is 24.2. The first kappa shape index (κ1) is 19.2. The lowest BCUT2D eigenvalue weighted by Crippen LogP contribution is -2.20. The number of carbonyl (C=O) groups excluding carboxylic acids is 2. The number of carbonyl (C=O) groups is 2. The first-order valence-corrected chi connectivity index (χ1v) is 7.66. The van der Waals surface area contributed by atoms with E-state index in [9.17, 15) is 9.59 Å². The van der Waals surface area contributed by atoms with E-state index in [-0.39, 0.29) is 30.0 Å². The third-order valence-electron chi connectivity index (χ3n) is 2.99. The zero-order chi connectivity index (χ0) is 17.8. The van der Waals surface area contributed by atoms with Crippen molar-refractivity contribution in [2.24, 2.45) is 0 Å². The summed E-state index contributed by atoms with van der Waals surface area (Å²) in [6, 6.07) is 8.19. The van der Waals surface area contributed by atoms with E-state index in [0.29, 0.717) is 6.61 Å². The molecule has 0 atom stereocenters. The normalized spacial score (nSPS) is 10.6. The number of nitriles is 1. The SMILES string of the molecule is CCCCOC(=O)c1ccccc1NC(=O)/C(C#N)=C\NCCO. The number of rotatable bonds is 9. The fourth-order valence-electron chi connectivity index (χ4n) is 1.73. The number of benzene rings is 1. The first-order chi connectivity index (χ1) is 11.6. The van der Waals surface area contributed by atoms with E-state index in [0.717, 1.165) is 12.8 Å². The molecule has 7 nitrogen and oxygen atoms in total. The van der Waals surface area contributed by atoms with Crippen LogP contribution in [0.4, 0.5) is 5.69 Å². The zero-order valence-corrected chi connectivity index (χ0v) is 13.5. The van der Waals surface area contributed by atoms with Crippen LogP contribution >= 0.6 is 0 Å².